The van der Waals surface area contributed by atoms with E-state index in [1.165, 1.54) is 0 Å². The summed E-state index contributed by atoms with van der Waals surface area (Å²) < 4.78 is 5.84. The van der Waals surface area contributed by atoms with E-state index in [9.17, 15) is 0 Å². The number of hydrogen-bond acceptors (Lipinski definition) is 3. The van der Waals surface area contributed by atoms with Gasteiger partial charge >= 0.3 is 0 Å². The van der Waals surface area contributed by atoms with Crippen LogP contribution in [0.25, 0.3) is 0 Å². The fourth-order valence-corrected chi connectivity index (χ4v) is 1.91. The van der Waals surface area contributed by atoms with Gasteiger partial charge in [-0.2, -0.15) is 0 Å². The van der Waals surface area contributed by atoms with E-state index in [1.54, 1.807) is 0 Å². The van der Waals surface area contributed by atoms with Crippen molar-refractivity contribution in [2.75, 3.05) is 19.0 Å². The zero-order valence-electron chi connectivity index (χ0n) is 11.5. The van der Waals surface area contributed by atoms with Gasteiger partial charge in [0.25, 0.3) is 0 Å². The molecule has 0 saturated carbocycles. The van der Waals surface area contributed by atoms with Crippen molar-refractivity contribution in [3.8, 4) is 5.75 Å². The maximum Gasteiger partial charge on any atom is 0.121 e. The molecule has 0 aromatic heterocycles. The quantitative estimate of drug-likeness (QED) is 0.894. The van der Waals surface area contributed by atoms with E-state index in [0.29, 0.717) is 13.2 Å². The molecule has 0 saturated heterocycles. The van der Waals surface area contributed by atoms with E-state index >= 15 is 0 Å². The molecule has 100 valence electrons. The van der Waals surface area contributed by atoms with Crippen molar-refractivity contribution in [1.82, 2.24) is 0 Å². The van der Waals surface area contributed by atoms with Gasteiger partial charge in [-0.1, -0.05) is 30.3 Å². The van der Waals surface area contributed by atoms with Crippen LogP contribution in [0.4, 0.5) is 5.69 Å². The number of rotatable bonds is 5. The number of benzene rings is 2. The zero-order valence-corrected chi connectivity index (χ0v) is 11.5. The highest BCUT2D eigenvalue weighted by molar-refractivity contribution is 5.49. The summed E-state index contributed by atoms with van der Waals surface area (Å²) in [5.41, 5.74) is 9.12. The third kappa shape index (κ3) is 3.48. The molecule has 2 aromatic carbocycles. The van der Waals surface area contributed by atoms with Crippen LogP contribution >= 0.6 is 0 Å². The van der Waals surface area contributed by atoms with Gasteiger partial charge in [0, 0.05) is 32.4 Å². The highest BCUT2D eigenvalue weighted by atomic mass is 16.5. The highest BCUT2D eigenvalue weighted by Gasteiger charge is 2.02. The van der Waals surface area contributed by atoms with E-state index in [4.69, 9.17) is 10.5 Å². The van der Waals surface area contributed by atoms with Gasteiger partial charge in [-0.3, -0.25) is 0 Å². The average molecular weight is 256 g/mol. The first-order valence-electron chi connectivity index (χ1n) is 6.37. The molecule has 0 amide bonds. The lowest BCUT2D eigenvalue weighted by atomic mass is 10.1. The smallest absolute Gasteiger partial charge is 0.121 e. The molecule has 2 aromatic rings. The Labute approximate surface area is 114 Å². The van der Waals surface area contributed by atoms with E-state index in [-0.39, 0.29) is 0 Å². The molecule has 0 unspecified atom stereocenters. The second kappa shape index (κ2) is 6.25. The summed E-state index contributed by atoms with van der Waals surface area (Å²) in [5.74, 6) is 0.873. The third-order valence-electron chi connectivity index (χ3n) is 3.07. The Hall–Kier alpha value is -2.00. The molecule has 3 heteroatoms. The minimum absolute atomic E-state index is 0.539. The van der Waals surface area contributed by atoms with Crippen LogP contribution in [0.5, 0.6) is 5.75 Å². The van der Waals surface area contributed by atoms with Gasteiger partial charge in [-0.25, -0.2) is 0 Å². The van der Waals surface area contributed by atoms with E-state index in [1.807, 2.05) is 50.5 Å². The summed E-state index contributed by atoms with van der Waals surface area (Å²) in [6, 6.07) is 16.2. The highest BCUT2D eigenvalue weighted by Crippen LogP contribution is 2.21. The Balaban J connectivity index is 2.08. The lowest BCUT2D eigenvalue weighted by Gasteiger charge is -2.14. The van der Waals surface area contributed by atoms with Crippen LogP contribution in [0.1, 0.15) is 11.1 Å². The van der Waals surface area contributed by atoms with Crippen LogP contribution < -0.4 is 15.4 Å². The Morgan fingerprint density at radius 3 is 2.42 bits per heavy atom. The number of nitrogens with zero attached hydrogens (tertiary/aromatic N) is 1. The normalized spacial score (nSPS) is 10.3. The van der Waals surface area contributed by atoms with Crippen molar-refractivity contribution >= 4 is 5.69 Å². The molecule has 3 nitrogen and oxygen atoms in total. The molecule has 0 atom stereocenters. The summed E-state index contributed by atoms with van der Waals surface area (Å²) in [6.45, 7) is 1.08. The lowest BCUT2D eigenvalue weighted by Crippen LogP contribution is -2.08. The number of nitrogens with two attached hydrogens (primary N) is 1. The minimum atomic E-state index is 0.539. The molecule has 0 aliphatic heterocycles. The van der Waals surface area contributed by atoms with Crippen LogP contribution in [0.15, 0.2) is 48.5 Å². The maximum absolute atomic E-state index is 5.84. The van der Waals surface area contributed by atoms with E-state index in [0.717, 1.165) is 22.6 Å². The Bertz CT molecular complexity index is 538. The Morgan fingerprint density at radius 2 is 1.74 bits per heavy atom. The Kier molecular flexibility index (Phi) is 4.42. The first kappa shape index (κ1) is 13.4. The maximum atomic E-state index is 5.84. The molecule has 0 fully saturated rings. The van der Waals surface area contributed by atoms with Gasteiger partial charge in [-0.15, -0.1) is 0 Å². The van der Waals surface area contributed by atoms with Crippen LogP contribution in [0.2, 0.25) is 0 Å². The summed E-state index contributed by atoms with van der Waals surface area (Å²) in [7, 11) is 4.03. The molecule has 2 N–H and O–H groups in total. The predicted octanol–water partition coefficient (Wildman–Crippen LogP) is 2.79. The number of hydrogen-bond donors (Lipinski definition) is 1. The number of anilines is 1. The summed E-state index contributed by atoms with van der Waals surface area (Å²) in [5, 5.41) is 0. The van der Waals surface area contributed by atoms with Crippen LogP contribution in [0.3, 0.4) is 0 Å². The fourth-order valence-electron chi connectivity index (χ4n) is 1.91. The van der Waals surface area contributed by atoms with Gasteiger partial charge in [0.1, 0.15) is 12.4 Å². The van der Waals surface area contributed by atoms with Gasteiger partial charge in [0.2, 0.25) is 0 Å². The standard InChI is InChI=1S/C16H20N2O/c1-18(2)15-8-5-9-16(10-15)19-12-14-7-4-3-6-13(14)11-17/h3-10H,11-12,17H2,1-2H3. The van der Waals surface area contributed by atoms with Crippen molar-refractivity contribution in [1.29, 1.82) is 0 Å². The molecule has 0 spiro atoms. The van der Waals surface area contributed by atoms with Crippen molar-refractivity contribution in [3.63, 3.8) is 0 Å². The van der Waals surface area contributed by atoms with Gasteiger partial charge in [-0.05, 0) is 23.3 Å². The molecule has 19 heavy (non-hydrogen) atoms. The van der Waals surface area contributed by atoms with Crippen LogP contribution in [0, 0.1) is 0 Å². The fraction of sp³-hybridized carbons (Fsp3) is 0.250. The first-order valence-corrected chi connectivity index (χ1v) is 6.37. The largest absolute Gasteiger partial charge is 0.489 e. The van der Waals surface area contributed by atoms with Crippen molar-refractivity contribution in [2.45, 2.75) is 13.2 Å². The van der Waals surface area contributed by atoms with Crippen LogP contribution in [-0.2, 0) is 13.2 Å². The molecule has 0 radical (unpaired) electrons. The first-order chi connectivity index (χ1) is 9.20. The summed E-state index contributed by atoms with van der Waals surface area (Å²) >= 11 is 0. The van der Waals surface area contributed by atoms with Gasteiger partial charge < -0.3 is 15.4 Å². The molecular formula is C16H20N2O. The third-order valence-corrected chi connectivity index (χ3v) is 3.07. The summed E-state index contributed by atoms with van der Waals surface area (Å²) in [4.78, 5) is 2.06. The molecule has 0 bridgehead atoms. The molecule has 2 rings (SSSR count). The topological polar surface area (TPSA) is 38.5 Å². The predicted molar refractivity (Wildman–Crippen MR) is 79.4 cm³/mol. The molecule has 0 aliphatic carbocycles. The lowest BCUT2D eigenvalue weighted by molar-refractivity contribution is 0.305. The van der Waals surface area contributed by atoms with E-state index < -0.39 is 0 Å². The van der Waals surface area contributed by atoms with Gasteiger partial charge in [0.15, 0.2) is 0 Å². The van der Waals surface area contributed by atoms with E-state index in [2.05, 4.69) is 17.0 Å². The molecular weight excluding hydrogens is 236 g/mol. The molecule has 0 aliphatic rings. The second-order valence-electron chi connectivity index (χ2n) is 4.65. The summed E-state index contributed by atoms with van der Waals surface area (Å²) in [6.07, 6.45) is 0. The minimum Gasteiger partial charge on any atom is -0.489 e. The molecule has 0 heterocycles. The average Bonchev–Trinajstić information content (AvgIpc) is 2.45. The second-order valence-corrected chi connectivity index (χ2v) is 4.65. The number of ether oxygens (including phenoxy) is 1. The SMILES string of the molecule is CN(C)c1cccc(OCc2ccccc2CN)c1. The van der Waals surface area contributed by atoms with Crippen LogP contribution in [-0.4, -0.2) is 14.1 Å². The van der Waals surface area contributed by atoms with Crippen molar-refractivity contribution < 1.29 is 4.74 Å². The van der Waals surface area contributed by atoms with Crippen molar-refractivity contribution in [3.05, 3.63) is 59.7 Å². The monoisotopic (exact) mass is 256 g/mol. The Morgan fingerprint density at radius 1 is 1.00 bits per heavy atom. The van der Waals surface area contributed by atoms with Crippen molar-refractivity contribution in [2.24, 2.45) is 5.73 Å². The van der Waals surface area contributed by atoms with Gasteiger partial charge in [0.05, 0.1) is 0 Å². The zero-order chi connectivity index (χ0) is 13.7.